The van der Waals surface area contributed by atoms with Crippen molar-refractivity contribution in [2.24, 2.45) is 11.0 Å². The molecule has 0 saturated heterocycles. The Bertz CT molecular complexity index is 740. The Morgan fingerprint density at radius 1 is 1.27 bits per heavy atom. The van der Waals surface area contributed by atoms with Gasteiger partial charge in [0.1, 0.15) is 5.71 Å². The van der Waals surface area contributed by atoms with E-state index < -0.39 is 5.97 Å². The molecule has 0 aromatic heterocycles. The molecule has 0 saturated carbocycles. The number of carbonyl (C=O) groups is 3. The zero-order chi connectivity index (χ0) is 19.3. The number of nitrogens with one attached hydrogen (secondary N) is 1. The second-order valence-corrected chi connectivity index (χ2v) is 6.82. The van der Waals surface area contributed by atoms with Gasteiger partial charge in [-0.1, -0.05) is 26.0 Å². The molecule has 1 aliphatic heterocycles. The van der Waals surface area contributed by atoms with E-state index in [1.807, 2.05) is 45.9 Å². The highest BCUT2D eigenvalue weighted by atomic mass is 16.5. The number of hydrogen-bond donors (Lipinski definition) is 1. The van der Waals surface area contributed by atoms with Gasteiger partial charge in [-0.15, -0.1) is 0 Å². The van der Waals surface area contributed by atoms with E-state index in [4.69, 9.17) is 4.74 Å². The topological polar surface area (TPSA) is 88.1 Å². The minimum absolute atomic E-state index is 0.141. The van der Waals surface area contributed by atoms with E-state index in [0.717, 1.165) is 11.1 Å². The summed E-state index contributed by atoms with van der Waals surface area (Å²) in [6.07, 6.45) is 0.369. The summed E-state index contributed by atoms with van der Waals surface area (Å²) in [5.74, 6) is -0.891. The monoisotopic (exact) mass is 359 g/mol. The van der Waals surface area contributed by atoms with Gasteiger partial charge in [0, 0.05) is 19.4 Å². The third-order valence-corrected chi connectivity index (χ3v) is 3.90. The van der Waals surface area contributed by atoms with Crippen LogP contribution < -0.4 is 10.3 Å². The smallest absolute Gasteiger partial charge is 0.355 e. The molecule has 1 aromatic carbocycles. The summed E-state index contributed by atoms with van der Waals surface area (Å²) in [7, 11) is 0. The van der Waals surface area contributed by atoms with Crippen molar-refractivity contribution in [3.8, 4) is 0 Å². The second kappa shape index (κ2) is 8.60. The minimum atomic E-state index is -0.674. The maximum absolute atomic E-state index is 12.2. The first kappa shape index (κ1) is 19.6. The lowest BCUT2D eigenvalue weighted by atomic mass is 10.1. The first-order valence-corrected chi connectivity index (χ1v) is 8.69. The van der Waals surface area contributed by atoms with Crippen LogP contribution in [0.3, 0.4) is 0 Å². The Kier molecular flexibility index (Phi) is 6.49. The Labute approximate surface area is 153 Å². The molecule has 7 nitrogen and oxygen atoms in total. The fourth-order valence-corrected chi connectivity index (χ4v) is 2.42. The van der Waals surface area contributed by atoms with Crippen LogP contribution in [0.25, 0.3) is 0 Å². The number of benzene rings is 1. The van der Waals surface area contributed by atoms with Crippen LogP contribution in [-0.4, -0.2) is 36.6 Å². The van der Waals surface area contributed by atoms with Crippen LogP contribution in [0.2, 0.25) is 0 Å². The molecule has 2 amide bonds. The Hall–Kier alpha value is -2.70. The molecule has 0 atom stereocenters. The quantitative estimate of drug-likeness (QED) is 0.788. The number of aryl methyl sites for hydroxylation is 2. The van der Waals surface area contributed by atoms with Crippen molar-refractivity contribution in [1.29, 1.82) is 0 Å². The van der Waals surface area contributed by atoms with E-state index in [-0.39, 0.29) is 37.0 Å². The maximum Gasteiger partial charge on any atom is 0.355 e. The molecule has 1 aliphatic rings. The number of rotatable bonds is 6. The molecule has 0 bridgehead atoms. The average molecular weight is 359 g/mol. The number of anilines is 1. The molecule has 0 aliphatic carbocycles. The Balaban J connectivity index is 2.06. The molecule has 0 radical (unpaired) electrons. The first-order valence-electron chi connectivity index (χ1n) is 8.69. The van der Waals surface area contributed by atoms with Gasteiger partial charge >= 0.3 is 5.97 Å². The van der Waals surface area contributed by atoms with Gasteiger partial charge in [0.15, 0.2) is 6.61 Å². The van der Waals surface area contributed by atoms with Gasteiger partial charge in [-0.2, -0.15) is 10.1 Å². The summed E-state index contributed by atoms with van der Waals surface area (Å²) >= 11 is 0. The van der Waals surface area contributed by atoms with Crippen molar-refractivity contribution in [2.45, 2.75) is 40.5 Å². The molecular weight excluding hydrogens is 334 g/mol. The SMILES string of the molecule is Cc1ccc(C)c(N2N=C(C(=O)OCC(=O)NCC(C)C)CCC2=O)c1. The van der Waals surface area contributed by atoms with E-state index in [1.165, 1.54) is 5.01 Å². The molecule has 0 spiro atoms. The van der Waals surface area contributed by atoms with Crippen LogP contribution in [0.1, 0.15) is 37.8 Å². The zero-order valence-electron chi connectivity index (χ0n) is 15.7. The first-order chi connectivity index (χ1) is 12.3. The normalized spacial score (nSPS) is 14.3. The zero-order valence-corrected chi connectivity index (χ0v) is 15.7. The molecule has 7 heteroatoms. The highest BCUT2D eigenvalue weighted by Crippen LogP contribution is 2.25. The van der Waals surface area contributed by atoms with E-state index in [2.05, 4.69) is 10.4 Å². The van der Waals surface area contributed by atoms with Crippen molar-refractivity contribution >= 4 is 29.2 Å². The Morgan fingerprint density at radius 3 is 2.69 bits per heavy atom. The molecule has 1 N–H and O–H groups in total. The van der Waals surface area contributed by atoms with Gasteiger partial charge in [-0.05, 0) is 37.0 Å². The lowest BCUT2D eigenvalue weighted by molar-refractivity contribution is -0.142. The number of ether oxygens (including phenoxy) is 1. The van der Waals surface area contributed by atoms with Crippen molar-refractivity contribution in [3.05, 3.63) is 29.3 Å². The van der Waals surface area contributed by atoms with E-state index in [1.54, 1.807) is 0 Å². The fraction of sp³-hybridized carbons (Fsp3) is 0.474. The average Bonchev–Trinajstić information content (AvgIpc) is 2.60. The van der Waals surface area contributed by atoms with Crippen LogP contribution in [0, 0.1) is 19.8 Å². The predicted molar refractivity (Wildman–Crippen MR) is 98.9 cm³/mol. The van der Waals surface area contributed by atoms with Crippen LogP contribution >= 0.6 is 0 Å². The predicted octanol–water partition coefficient (Wildman–Crippen LogP) is 2.10. The van der Waals surface area contributed by atoms with Crippen LogP contribution in [0.5, 0.6) is 0 Å². The van der Waals surface area contributed by atoms with E-state index in [9.17, 15) is 14.4 Å². The lowest BCUT2D eigenvalue weighted by Gasteiger charge is -2.24. The van der Waals surface area contributed by atoms with Gasteiger partial charge in [-0.25, -0.2) is 4.79 Å². The fourth-order valence-electron chi connectivity index (χ4n) is 2.42. The van der Waals surface area contributed by atoms with Crippen LogP contribution in [0.4, 0.5) is 5.69 Å². The minimum Gasteiger partial charge on any atom is -0.451 e. The molecule has 0 unspecified atom stereocenters. The van der Waals surface area contributed by atoms with Crippen molar-refractivity contribution in [1.82, 2.24) is 5.32 Å². The van der Waals surface area contributed by atoms with Gasteiger partial charge in [0.05, 0.1) is 5.69 Å². The van der Waals surface area contributed by atoms with Crippen LogP contribution in [0.15, 0.2) is 23.3 Å². The Morgan fingerprint density at radius 2 is 2.00 bits per heavy atom. The molecule has 1 aromatic rings. The number of hydrazone groups is 1. The molecule has 1 heterocycles. The number of esters is 1. The maximum atomic E-state index is 12.2. The molecule has 26 heavy (non-hydrogen) atoms. The largest absolute Gasteiger partial charge is 0.451 e. The second-order valence-electron chi connectivity index (χ2n) is 6.82. The number of amides is 2. The summed E-state index contributed by atoms with van der Waals surface area (Å²) in [5, 5.41) is 8.11. The van der Waals surface area contributed by atoms with Gasteiger partial charge in [0.25, 0.3) is 5.91 Å². The number of hydrogen-bond acceptors (Lipinski definition) is 5. The van der Waals surface area contributed by atoms with E-state index in [0.29, 0.717) is 18.2 Å². The van der Waals surface area contributed by atoms with Crippen molar-refractivity contribution < 1.29 is 19.1 Å². The highest BCUT2D eigenvalue weighted by Gasteiger charge is 2.27. The highest BCUT2D eigenvalue weighted by molar-refractivity contribution is 6.38. The van der Waals surface area contributed by atoms with Gasteiger partial charge in [-0.3, -0.25) is 9.59 Å². The third-order valence-electron chi connectivity index (χ3n) is 3.90. The standard InChI is InChI=1S/C19H25N3O4/c1-12(2)10-20-17(23)11-26-19(25)15-7-8-18(24)22(21-15)16-9-13(3)5-6-14(16)4/h5-6,9,12H,7-8,10-11H2,1-4H3,(H,20,23). The lowest BCUT2D eigenvalue weighted by Crippen LogP contribution is -2.37. The molecule has 0 fully saturated rings. The third kappa shape index (κ3) is 5.15. The molecule has 2 rings (SSSR count). The summed E-state index contributed by atoms with van der Waals surface area (Å²) in [5.41, 5.74) is 2.66. The van der Waals surface area contributed by atoms with Crippen molar-refractivity contribution in [2.75, 3.05) is 18.2 Å². The van der Waals surface area contributed by atoms with Gasteiger partial charge < -0.3 is 10.1 Å². The summed E-state index contributed by atoms with van der Waals surface area (Å²) < 4.78 is 5.03. The van der Waals surface area contributed by atoms with Gasteiger partial charge in [0.2, 0.25) is 5.91 Å². The summed E-state index contributed by atoms with van der Waals surface area (Å²) in [6, 6.07) is 5.70. The number of carbonyl (C=O) groups excluding carboxylic acids is 3. The summed E-state index contributed by atoms with van der Waals surface area (Å²) in [6.45, 7) is 7.91. The van der Waals surface area contributed by atoms with Crippen molar-refractivity contribution in [3.63, 3.8) is 0 Å². The van der Waals surface area contributed by atoms with Crippen LogP contribution in [-0.2, 0) is 19.1 Å². The molecular formula is C19H25N3O4. The molecule has 140 valence electrons. The number of nitrogens with zero attached hydrogens (tertiary/aromatic N) is 2. The summed E-state index contributed by atoms with van der Waals surface area (Å²) in [4.78, 5) is 36.1. The van der Waals surface area contributed by atoms with E-state index >= 15 is 0 Å².